The third-order valence-electron chi connectivity index (χ3n) is 5.61. The van der Waals surface area contributed by atoms with Crippen LogP contribution in [0.1, 0.15) is 27.5 Å². The number of hydrogen-bond donors (Lipinski definition) is 2. The summed E-state index contributed by atoms with van der Waals surface area (Å²) in [6, 6.07) is 21.3. The molecule has 0 aliphatic heterocycles. The van der Waals surface area contributed by atoms with Crippen LogP contribution in [0.4, 0.5) is 0 Å². The molecule has 0 fully saturated rings. The van der Waals surface area contributed by atoms with Crippen LogP contribution < -0.4 is 19.9 Å². The molecule has 0 bridgehead atoms. The van der Waals surface area contributed by atoms with Crippen molar-refractivity contribution in [2.75, 3.05) is 20.8 Å². The maximum Gasteiger partial charge on any atom is 0.335 e. The largest absolute Gasteiger partial charge is 0.496 e. The number of nitrogens with two attached hydrogens (primary N) is 1. The number of aromatic nitrogens is 1. The van der Waals surface area contributed by atoms with E-state index in [4.69, 9.17) is 19.9 Å². The smallest absolute Gasteiger partial charge is 0.335 e. The van der Waals surface area contributed by atoms with Gasteiger partial charge in [0.25, 0.3) is 0 Å². The Morgan fingerprint density at radius 2 is 1.63 bits per heavy atom. The summed E-state index contributed by atoms with van der Waals surface area (Å²) in [7, 11) is 3.15. The SMILES string of the molecule is COc1cc(OC)cc(OC/C(=C\c2ccc(C(=O)O)cc2)C(N)c2cnc3ccccc3c2)c1. The van der Waals surface area contributed by atoms with Gasteiger partial charge in [-0.1, -0.05) is 36.4 Å². The van der Waals surface area contributed by atoms with E-state index < -0.39 is 12.0 Å². The molecule has 4 aromatic rings. The molecule has 1 unspecified atom stereocenters. The van der Waals surface area contributed by atoms with Gasteiger partial charge in [0.1, 0.15) is 23.9 Å². The van der Waals surface area contributed by atoms with Gasteiger partial charge in [-0.05, 0) is 41.0 Å². The van der Waals surface area contributed by atoms with Gasteiger partial charge in [-0.25, -0.2) is 4.79 Å². The Bertz CT molecular complexity index is 1340. The van der Waals surface area contributed by atoms with Crippen LogP contribution in [0.5, 0.6) is 17.2 Å². The van der Waals surface area contributed by atoms with Crippen LogP contribution in [0.3, 0.4) is 0 Å². The monoisotopic (exact) mass is 470 g/mol. The van der Waals surface area contributed by atoms with Crippen LogP contribution >= 0.6 is 0 Å². The van der Waals surface area contributed by atoms with E-state index >= 15 is 0 Å². The summed E-state index contributed by atoms with van der Waals surface area (Å²) in [6.07, 6.45) is 3.67. The number of aromatic carboxylic acids is 1. The number of carboxylic acids is 1. The first-order valence-electron chi connectivity index (χ1n) is 11.0. The zero-order valence-electron chi connectivity index (χ0n) is 19.5. The van der Waals surface area contributed by atoms with E-state index in [-0.39, 0.29) is 12.2 Å². The molecule has 7 heteroatoms. The number of methoxy groups -OCH3 is 2. The lowest BCUT2D eigenvalue weighted by Gasteiger charge is -2.19. The van der Waals surface area contributed by atoms with Crippen LogP contribution in [-0.4, -0.2) is 36.9 Å². The first-order chi connectivity index (χ1) is 17.0. The van der Waals surface area contributed by atoms with Gasteiger partial charge in [-0.2, -0.15) is 0 Å². The van der Waals surface area contributed by atoms with E-state index in [1.54, 1.807) is 62.9 Å². The zero-order valence-corrected chi connectivity index (χ0v) is 19.5. The van der Waals surface area contributed by atoms with Crippen LogP contribution in [0.15, 0.2) is 84.6 Å². The van der Waals surface area contributed by atoms with Crippen molar-refractivity contribution in [3.63, 3.8) is 0 Å². The Hall–Kier alpha value is -4.36. The second kappa shape index (κ2) is 10.7. The number of rotatable bonds is 9. The predicted molar refractivity (Wildman–Crippen MR) is 135 cm³/mol. The van der Waals surface area contributed by atoms with Crippen molar-refractivity contribution in [1.29, 1.82) is 0 Å². The number of carbonyl (C=O) groups is 1. The average Bonchev–Trinajstić information content (AvgIpc) is 2.90. The highest BCUT2D eigenvalue weighted by atomic mass is 16.5. The number of carboxylic acid groups (broad SMARTS) is 1. The molecule has 3 N–H and O–H groups in total. The Balaban J connectivity index is 1.67. The molecule has 0 aliphatic rings. The van der Waals surface area contributed by atoms with Crippen molar-refractivity contribution in [2.24, 2.45) is 5.73 Å². The van der Waals surface area contributed by atoms with Crippen molar-refractivity contribution in [2.45, 2.75) is 6.04 Å². The molecule has 3 aromatic carbocycles. The van der Waals surface area contributed by atoms with E-state index in [2.05, 4.69) is 4.98 Å². The van der Waals surface area contributed by atoms with E-state index in [1.807, 2.05) is 36.4 Å². The second-order valence-corrected chi connectivity index (χ2v) is 7.92. The normalized spacial score (nSPS) is 12.3. The molecule has 7 nitrogen and oxygen atoms in total. The summed E-state index contributed by atoms with van der Waals surface area (Å²) in [5.41, 5.74) is 10.2. The van der Waals surface area contributed by atoms with E-state index in [9.17, 15) is 9.90 Å². The summed E-state index contributed by atoms with van der Waals surface area (Å²) < 4.78 is 16.8. The number of pyridine rings is 1. The first kappa shape index (κ1) is 23.8. The Morgan fingerprint density at radius 3 is 2.29 bits per heavy atom. The third-order valence-corrected chi connectivity index (χ3v) is 5.61. The van der Waals surface area contributed by atoms with Gasteiger partial charge >= 0.3 is 5.97 Å². The number of nitrogens with zero attached hydrogens (tertiary/aromatic N) is 1. The van der Waals surface area contributed by atoms with Crippen molar-refractivity contribution in [1.82, 2.24) is 4.98 Å². The van der Waals surface area contributed by atoms with Gasteiger partial charge < -0.3 is 25.1 Å². The van der Waals surface area contributed by atoms with E-state index in [0.717, 1.165) is 27.6 Å². The van der Waals surface area contributed by atoms with Crippen molar-refractivity contribution in [3.05, 3.63) is 101 Å². The Morgan fingerprint density at radius 1 is 0.971 bits per heavy atom. The molecule has 0 aliphatic carbocycles. The maximum atomic E-state index is 11.2. The lowest BCUT2D eigenvalue weighted by atomic mass is 9.97. The highest BCUT2D eigenvalue weighted by molar-refractivity contribution is 5.87. The number of hydrogen-bond acceptors (Lipinski definition) is 6. The summed E-state index contributed by atoms with van der Waals surface area (Å²) >= 11 is 0. The number of benzene rings is 3. The topological polar surface area (TPSA) is 104 Å². The molecule has 0 saturated heterocycles. The van der Waals surface area contributed by atoms with Gasteiger partial charge in [0, 0.05) is 29.8 Å². The second-order valence-electron chi connectivity index (χ2n) is 7.92. The summed E-state index contributed by atoms with van der Waals surface area (Å²) in [5.74, 6) is 0.807. The fraction of sp³-hybridized carbons (Fsp3) is 0.143. The molecular formula is C28H26N2O5. The van der Waals surface area contributed by atoms with E-state index in [1.165, 1.54) is 0 Å². The molecule has 1 aromatic heterocycles. The number of ether oxygens (including phenoxy) is 3. The number of fused-ring (bicyclic) bond motifs is 1. The fourth-order valence-electron chi connectivity index (χ4n) is 3.66. The van der Waals surface area contributed by atoms with Crippen LogP contribution in [-0.2, 0) is 0 Å². The molecule has 0 radical (unpaired) electrons. The van der Waals surface area contributed by atoms with Crippen molar-refractivity contribution < 1.29 is 24.1 Å². The van der Waals surface area contributed by atoms with Gasteiger partial charge in [0.15, 0.2) is 0 Å². The quantitative estimate of drug-likeness (QED) is 0.350. The highest BCUT2D eigenvalue weighted by Crippen LogP contribution is 2.29. The summed E-state index contributed by atoms with van der Waals surface area (Å²) in [5, 5.41) is 10.2. The summed E-state index contributed by atoms with van der Waals surface area (Å²) in [4.78, 5) is 15.8. The van der Waals surface area contributed by atoms with Crippen molar-refractivity contribution in [3.8, 4) is 17.2 Å². The highest BCUT2D eigenvalue weighted by Gasteiger charge is 2.15. The Kier molecular flexibility index (Phi) is 7.28. The molecule has 4 rings (SSSR count). The van der Waals surface area contributed by atoms with Crippen molar-refractivity contribution >= 4 is 22.9 Å². The molecule has 1 heterocycles. The van der Waals surface area contributed by atoms with Gasteiger partial charge in [-0.15, -0.1) is 0 Å². The predicted octanol–water partition coefficient (Wildman–Crippen LogP) is 5.11. The first-order valence-corrected chi connectivity index (χ1v) is 11.0. The molecule has 0 saturated carbocycles. The lowest BCUT2D eigenvalue weighted by molar-refractivity contribution is 0.0697. The minimum atomic E-state index is -0.977. The van der Waals surface area contributed by atoms with E-state index in [0.29, 0.717) is 17.2 Å². The standard InChI is InChI=1S/C28H26N2O5/c1-33-23-13-24(34-2)15-25(14-23)35-17-22(11-18-7-9-19(10-8-18)28(31)32)27(29)21-12-20-5-3-4-6-26(20)30-16-21/h3-16,27H,17,29H2,1-2H3,(H,31,32)/b22-11+. The third kappa shape index (κ3) is 5.77. The minimum absolute atomic E-state index is 0.186. The molecule has 178 valence electrons. The molecule has 35 heavy (non-hydrogen) atoms. The van der Waals surface area contributed by atoms with Crippen LogP contribution in [0, 0.1) is 0 Å². The van der Waals surface area contributed by atoms with Gasteiger partial charge in [0.05, 0.1) is 31.3 Å². The molecule has 0 spiro atoms. The average molecular weight is 471 g/mol. The minimum Gasteiger partial charge on any atom is -0.496 e. The molecule has 1 atom stereocenters. The summed E-state index contributed by atoms with van der Waals surface area (Å²) in [6.45, 7) is 0.186. The fourth-order valence-corrected chi connectivity index (χ4v) is 3.66. The van der Waals surface area contributed by atoms with Crippen LogP contribution in [0.25, 0.3) is 17.0 Å². The Labute approximate surface area is 203 Å². The van der Waals surface area contributed by atoms with Crippen LogP contribution in [0.2, 0.25) is 0 Å². The maximum absolute atomic E-state index is 11.2. The lowest BCUT2D eigenvalue weighted by Crippen LogP contribution is -2.18. The molecular weight excluding hydrogens is 444 g/mol. The zero-order chi connectivity index (χ0) is 24.8. The van der Waals surface area contributed by atoms with Gasteiger partial charge in [0.2, 0.25) is 0 Å². The van der Waals surface area contributed by atoms with Gasteiger partial charge in [-0.3, -0.25) is 4.98 Å². The number of para-hydroxylation sites is 1. The molecule has 0 amide bonds.